The minimum Gasteiger partial charge on any atom is -0.343 e. The van der Waals surface area contributed by atoms with E-state index in [0.29, 0.717) is 11.6 Å². The van der Waals surface area contributed by atoms with E-state index in [2.05, 4.69) is 24.9 Å². The van der Waals surface area contributed by atoms with Crippen molar-refractivity contribution >= 4 is 11.6 Å². The molecule has 0 aliphatic rings. The topological polar surface area (TPSA) is 37.6 Å². The molecule has 0 aromatic carbocycles. The summed E-state index contributed by atoms with van der Waals surface area (Å²) in [5.41, 5.74) is 2.53. The van der Waals surface area contributed by atoms with Crippen LogP contribution in [-0.2, 0) is 0 Å². The van der Waals surface area contributed by atoms with Crippen molar-refractivity contribution in [3.63, 3.8) is 0 Å². The van der Waals surface area contributed by atoms with Crippen LogP contribution in [0.15, 0.2) is 24.5 Å². The maximum Gasteiger partial charge on any atom is 0.273 e. The van der Waals surface area contributed by atoms with E-state index in [-0.39, 0.29) is 5.91 Å². The summed E-state index contributed by atoms with van der Waals surface area (Å²) in [6.45, 7) is 4.28. The molecule has 0 aliphatic carbocycles. The fourth-order valence-corrected chi connectivity index (χ4v) is 1.69. The van der Waals surface area contributed by atoms with Gasteiger partial charge in [-0.05, 0) is 23.6 Å². The number of imidazole rings is 1. The Morgan fingerprint density at radius 3 is 2.71 bits per heavy atom. The van der Waals surface area contributed by atoms with Crippen molar-refractivity contribution in [2.75, 3.05) is 14.1 Å². The first-order chi connectivity index (χ1) is 7.99. The number of carbonyl (C=O) groups is 1. The van der Waals surface area contributed by atoms with Gasteiger partial charge < -0.3 is 9.30 Å². The molecule has 90 valence electrons. The maximum atomic E-state index is 11.8. The number of rotatable bonds is 2. The van der Waals surface area contributed by atoms with E-state index in [1.165, 1.54) is 10.5 Å². The van der Waals surface area contributed by atoms with Gasteiger partial charge in [0.15, 0.2) is 0 Å². The quantitative estimate of drug-likeness (QED) is 0.794. The maximum absolute atomic E-state index is 11.8. The number of amides is 1. The van der Waals surface area contributed by atoms with Crippen LogP contribution >= 0.6 is 0 Å². The molecule has 0 aliphatic heterocycles. The molecule has 17 heavy (non-hydrogen) atoms. The Labute approximate surface area is 101 Å². The number of nitrogens with zero attached hydrogens (tertiary/aromatic N) is 3. The summed E-state index contributed by atoms with van der Waals surface area (Å²) in [5.74, 6) is 0.393. The molecular weight excluding hydrogens is 214 g/mol. The number of hydrogen-bond acceptors (Lipinski definition) is 2. The Bertz CT molecular complexity index is 555. The van der Waals surface area contributed by atoms with Gasteiger partial charge in [0.1, 0.15) is 11.3 Å². The Kier molecular flexibility index (Phi) is 2.88. The lowest BCUT2D eigenvalue weighted by Gasteiger charge is -2.06. The van der Waals surface area contributed by atoms with Crippen molar-refractivity contribution in [1.82, 2.24) is 14.3 Å². The predicted octanol–water partition coefficient (Wildman–Crippen LogP) is 2.16. The molecule has 0 saturated heterocycles. The summed E-state index contributed by atoms with van der Waals surface area (Å²) in [7, 11) is 3.46. The van der Waals surface area contributed by atoms with Crippen LogP contribution in [-0.4, -0.2) is 34.3 Å². The van der Waals surface area contributed by atoms with Crippen molar-refractivity contribution in [1.29, 1.82) is 0 Å². The minimum atomic E-state index is -0.0696. The molecule has 4 nitrogen and oxygen atoms in total. The molecule has 2 aromatic heterocycles. The average molecular weight is 231 g/mol. The van der Waals surface area contributed by atoms with Crippen LogP contribution in [0.4, 0.5) is 0 Å². The molecule has 2 aromatic rings. The highest BCUT2D eigenvalue weighted by Crippen LogP contribution is 2.16. The van der Waals surface area contributed by atoms with Crippen molar-refractivity contribution in [2.24, 2.45) is 0 Å². The molecular formula is C13H17N3O. The standard InChI is InChI=1S/C13H17N3O/c1-9(2)10-5-6-16-8-11(13(17)15(3)4)14-12(16)7-10/h5-9H,1-4H3. The number of fused-ring (bicyclic) bond motifs is 1. The van der Waals surface area contributed by atoms with E-state index >= 15 is 0 Å². The first kappa shape index (κ1) is 11.6. The summed E-state index contributed by atoms with van der Waals surface area (Å²) in [6, 6.07) is 4.08. The summed E-state index contributed by atoms with van der Waals surface area (Å²) >= 11 is 0. The third-order valence-electron chi connectivity index (χ3n) is 2.78. The zero-order valence-electron chi connectivity index (χ0n) is 10.6. The molecule has 0 saturated carbocycles. The Morgan fingerprint density at radius 1 is 1.41 bits per heavy atom. The van der Waals surface area contributed by atoms with E-state index in [0.717, 1.165) is 5.65 Å². The SMILES string of the molecule is CC(C)c1ccn2cc(C(=O)N(C)C)nc2c1. The fraction of sp³-hybridized carbons (Fsp3) is 0.385. The van der Waals surface area contributed by atoms with E-state index in [9.17, 15) is 4.79 Å². The molecule has 0 unspecified atom stereocenters. The Balaban J connectivity index is 2.47. The normalized spacial score (nSPS) is 11.1. The lowest BCUT2D eigenvalue weighted by molar-refractivity contribution is 0.0822. The molecule has 2 rings (SSSR count). The molecule has 0 atom stereocenters. The predicted molar refractivity (Wildman–Crippen MR) is 67.3 cm³/mol. The second kappa shape index (κ2) is 4.20. The lowest BCUT2D eigenvalue weighted by atomic mass is 10.1. The molecule has 0 bridgehead atoms. The fourth-order valence-electron chi connectivity index (χ4n) is 1.69. The monoisotopic (exact) mass is 231 g/mol. The van der Waals surface area contributed by atoms with Gasteiger partial charge in [-0.25, -0.2) is 4.98 Å². The van der Waals surface area contributed by atoms with Crippen LogP contribution in [0.1, 0.15) is 35.8 Å². The number of carbonyl (C=O) groups excluding carboxylic acids is 1. The summed E-state index contributed by atoms with van der Waals surface area (Å²) in [6.07, 6.45) is 3.71. The summed E-state index contributed by atoms with van der Waals surface area (Å²) in [4.78, 5) is 17.7. The van der Waals surface area contributed by atoms with Crippen LogP contribution in [0, 0.1) is 0 Å². The third kappa shape index (κ3) is 2.16. The average Bonchev–Trinajstić information content (AvgIpc) is 2.69. The Morgan fingerprint density at radius 2 is 2.12 bits per heavy atom. The first-order valence-electron chi connectivity index (χ1n) is 5.69. The van der Waals surface area contributed by atoms with E-state index in [1.807, 2.05) is 16.7 Å². The largest absolute Gasteiger partial charge is 0.343 e. The Hall–Kier alpha value is -1.84. The van der Waals surface area contributed by atoms with E-state index in [4.69, 9.17) is 0 Å². The summed E-state index contributed by atoms with van der Waals surface area (Å²) in [5, 5.41) is 0. The number of pyridine rings is 1. The first-order valence-corrected chi connectivity index (χ1v) is 5.69. The second-order valence-corrected chi connectivity index (χ2v) is 4.71. The van der Waals surface area contributed by atoms with Crippen LogP contribution in [0.25, 0.3) is 5.65 Å². The molecule has 4 heteroatoms. The summed E-state index contributed by atoms with van der Waals surface area (Å²) < 4.78 is 1.88. The van der Waals surface area contributed by atoms with Gasteiger partial charge in [-0.1, -0.05) is 13.8 Å². The van der Waals surface area contributed by atoms with Gasteiger partial charge in [0.25, 0.3) is 5.91 Å². The van der Waals surface area contributed by atoms with Crippen molar-refractivity contribution in [3.8, 4) is 0 Å². The second-order valence-electron chi connectivity index (χ2n) is 4.71. The van der Waals surface area contributed by atoms with Crippen molar-refractivity contribution in [3.05, 3.63) is 35.8 Å². The smallest absolute Gasteiger partial charge is 0.273 e. The molecule has 0 radical (unpaired) electrons. The highest BCUT2D eigenvalue weighted by Gasteiger charge is 2.12. The van der Waals surface area contributed by atoms with Gasteiger partial charge in [0.2, 0.25) is 0 Å². The molecule has 0 spiro atoms. The highest BCUT2D eigenvalue weighted by atomic mass is 16.2. The highest BCUT2D eigenvalue weighted by molar-refractivity contribution is 5.92. The zero-order valence-corrected chi connectivity index (χ0v) is 10.6. The van der Waals surface area contributed by atoms with Crippen LogP contribution in [0.5, 0.6) is 0 Å². The van der Waals surface area contributed by atoms with Crippen molar-refractivity contribution < 1.29 is 4.79 Å². The molecule has 0 N–H and O–H groups in total. The minimum absolute atomic E-state index is 0.0696. The number of aromatic nitrogens is 2. The molecule has 2 heterocycles. The zero-order chi connectivity index (χ0) is 12.6. The van der Waals surface area contributed by atoms with Crippen molar-refractivity contribution in [2.45, 2.75) is 19.8 Å². The lowest BCUT2D eigenvalue weighted by Crippen LogP contribution is -2.21. The van der Waals surface area contributed by atoms with Gasteiger partial charge in [-0.15, -0.1) is 0 Å². The van der Waals surface area contributed by atoms with Gasteiger partial charge in [0, 0.05) is 26.5 Å². The van der Waals surface area contributed by atoms with Crippen LogP contribution < -0.4 is 0 Å². The van der Waals surface area contributed by atoms with E-state index < -0.39 is 0 Å². The van der Waals surface area contributed by atoms with Gasteiger partial charge in [-0.2, -0.15) is 0 Å². The number of hydrogen-bond donors (Lipinski definition) is 0. The van der Waals surface area contributed by atoms with Gasteiger partial charge in [-0.3, -0.25) is 4.79 Å². The van der Waals surface area contributed by atoms with Crippen LogP contribution in [0.3, 0.4) is 0 Å². The molecule has 0 fully saturated rings. The van der Waals surface area contributed by atoms with E-state index in [1.54, 1.807) is 20.3 Å². The third-order valence-corrected chi connectivity index (χ3v) is 2.78. The van der Waals surface area contributed by atoms with Crippen LogP contribution in [0.2, 0.25) is 0 Å². The van der Waals surface area contributed by atoms with Gasteiger partial charge in [0.05, 0.1) is 0 Å². The van der Waals surface area contributed by atoms with Gasteiger partial charge >= 0.3 is 0 Å². The molecule has 1 amide bonds.